The van der Waals surface area contributed by atoms with Crippen LogP contribution in [0.3, 0.4) is 0 Å². The third kappa shape index (κ3) is 2.72. The second-order valence-electron chi connectivity index (χ2n) is 3.19. The van der Waals surface area contributed by atoms with E-state index in [0.29, 0.717) is 0 Å². The van der Waals surface area contributed by atoms with Crippen molar-refractivity contribution in [2.24, 2.45) is 4.99 Å². The first-order valence-corrected chi connectivity index (χ1v) is 4.92. The summed E-state index contributed by atoms with van der Waals surface area (Å²) < 4.78 is 0. The summed E-state index contributed by atoms with van der Waals surface area (Å²) in [5.74, 6) is 1.18. The second-order valence-corrected chi connectivity index (χ2v) is 3.19. The van der Waals surface area contributed by atoms with Gasteiger partial charge >= 0.3 is 0 Å². The van der Waals surface area contributed by atoms with E-state index in [0.717, 1.165) is 19.5 Å². The first kappa shape index (κ1) is 10.0. The molecule has 1 aliphatic rings. The number of aliphatic imine (C=N–C) groups is 1. The largest absolute Gasteiger partial charge is 0.360 e. The fourth-order valence-electron chi connectivity index (χ4n) is 1.41. The molecule has 2 nitrogen and oxygen atoms in total. The lowest BCUT2D eigenvalue weighted by Crippen LogP contribution is -2.29. The van der Waals surface area contributed by atoms with Gasteiger partial charge in [-0.05, 0) is 26.8 Å². The van der Waals surface area contributed by atoms with Crippen LogP contribution >= 0.6 is 0 Å². The maximum atomic E-state index is 4.43. The maximum Gasteiger partial charge on any atom is 0.108 e. The van der Waals surface area contributed by atoms with Gasteiger partial charge in [0.15, 0.2) is 0 Å². The summed E-state index contributed by atoms with van der Waals surface area (Å²) in [6.07, 6.45) is 7.13. The average Bonchev–Trinajstić information content (AvgIpc) is 2.34. The number of nitrogens with zero attached hydrogens (tertiary/aromatic N) is 2. The zero-order valence-electron chi connectivity index (χ0n) is 8.75. The predicted octanol–water partition coefficient (Wildman–Crippen LogP) is 2.59. The topological polar surface area (TPSA) is 15.6 Å². The Hall–Kier alpha value is -1.05. The van der Waals surface area contributed by atoms with Crippen molar-refractivity contribution in [3.63, 3.8) is 0 Å². The van der Waals surface area contributed by atoms with Gasteiger partial charge < -0.3 is 4.90 Å². The number of rotatable bonds is 2. The minimum absolute atomic E-state index is 0.959. The van der Waals surface area contributed by atoms with Gasteiger partial charge in [-0.3, -0.25) is 0 Å². The normalized spacial score (nSPS) is 16.2. The van der Waals surface area contributed by atoms with E-state index in [4.69, 9.17) is 0 Å². The molecule has 0 radical (unpaired) electrons. The minimum Gasteiger partial charge on any atom is -0.360 e. The molecule has 0 fully saturated rings. The number of hydrogen-bond acceptors (Lipinski definition) is 2. The molecule has 1 rings (SSSR count). The Morgan fingerprint density at radius 1 is 1.38 bits per heavy atom. The monoisotopic (exact) mass is 178 g/mol. The fraction of sp³-hybridized carbons (Fsp3) is 0.545. The van der Waals surface area contributed by atoms with Gasteiger partial charge in [-0.2, -0.15) is 0 Å². The lowest BCUT2D eigenvalue weighted by molar-refractivity contribution is 0.459. The van der Waals surface area contributed by atoms with Crippen LogP contribution < -0.4 is 0 Å². The van der Waals surface area contributed by atoms with Crippen molar-refractivity contribution in [2.75, 3.05) is 13.1 Å². The van der Waals surface area contributed by atoms with Crippen LogP contribution in [0.15, 0.2) is 28.9 Å². The van der Waals surface area contributed by atoms with E-state index in [1.165, 1.54) is 11.4 Å². The Bertz CT molecular complexity index is 242. The molecule has 0 aromatic rings. The number of hydrogen-bond donors (Lipinski definition) is 0. The molecule has 0 N–H and O–H groups in total. The van der Waals surface area contributed by atoms with Crippen molar-refractivity contribution in [1.82, 2.24) is 4.90 Å². The van der Waals surface area contributed by atoms with Crippen LogP contribution in [0.4, 0.5) is 0 Å². The van der Waals surface area contributed by atoms with E-state index in [1.807, 2.05) is 6.20 Å². The molecule has 0 amide bonds. The molecule has 0 saturated heterocycles. The molecule has 0 atom stereocenters. The van der Waals surface area contributed by atoms with Gasteiger partial charge in [0.05, 0.1) is 0 Å². The van der Waals surface area contributed by atoms with Gasteiger partial charge in [0, 0.05) is 25.7 Å². The van der Waals surface area contributed by atoms with Crippen molar-refractivity contribution in [1.29, 1.82) is 0 Å². The molecular weight excluding hydrogens is 160 g/mol. The smallest absolute Gasteiger partial charge is 0.108 e. The predicted molar refractivity (Wildman–Crippen MR) is 57.9 cm³/mol. The Balaban J connectivity index is 2.71. The van der Waals surface area contributed by atoms with Crippen molar-refractivity contribution in [2.45, 2.75) is 27.2 Å². The molecule has 0 aliphatic carbocycles. The summed E-state index contributed by atoms with van der Waals surface area (Å²) in [4.78, 5) is 6.72. The van der Waals surface area contributed by atoms with Crippen LogP contribution in [0.1, 0.15) is 27.2 Å². The van der Waals surface area contributed by atoms with Gasteiger partial charge in [0.1, 0.15) is 5.84 Å². The molecule has 0 aromatic heterocycles. The molecule has 1 aliphatic heterocycles. The Morgan fingerprint density at radius 2 is 2.08 bits per heavy atom. The summed E-state index contributed by atoms with van der Waals surface area (Å²) in [7, 11) is 0. The Morgan fingerprint density at radius 3 is 2.69 bits per heavy atom. The minimum atomic E-state index is 0.959. The quantitative estimate of drug-likeness (QED) is 0.634. The van der Waals surface area contributed by atoms with Gasteiger partial charge in [0.25, 0.3) is 0 Å². The molecular formula is C11H18N2. The summed E-state index contributed by atoms with van der Waals surface area (Å²) in [6.45, 7) is 8.51. The first-order chi connectivity index (χ1) is 6.27. The third-order valence-electron chi connectivity index (χ3n) is 2.30. The van der Waals surface area contributed by atoms with Crippen molar-refractivity contribution >= 4 is 5.84 Å². The SMILES string of the molecule is CCN(CC)C1=NC=CC(C)=CC1. The Labute approximate surface area is 80.7 Å². The summed E-state index contributed by atoms with van der Waals surface area (Å²) in [5.41, 5.74) is 1.30. The van der Waals surface area contributed by atoms with E-state index < -0.39 is 0 Å². The zero-order chi connectivity index (χ0) is 9.68. The zero-order valence-corrected chi connectivity index (χ0v) is 8.75. The molecule has 2 heteroatoms. The molecule has 72 valence electrons. The van der Waals surface area contributed by atoms with Crippen molar-refractivity contribution in [3.05, 3.63) is 23.9 Å². The van der Waals surface area contributed by atoms with Crippen molar-refractivity contribution in [3.8, 4) is 0 Å². The van der Waals surface area contributed by atoms with Gasteiger partial charge in [-0.15, -0.1) is 0 Å². The van der Waals surface area contributed by atoms with Crippen LogP contribution in [-0.4, -0.2) is 23.8 Å². The number of allylic oxidation sites excluding steroid dienone is 2. The molecule has 13 heavy (non-hydrogen) atoms. The average molecular weight is 178 g/mol. The van der Waals surface area contributed by atoms with Gasteiger partial charge in [0.2, 0.25) is 0 Å². The highest BCUT2D eigenvalue weighted by molar-refractivity contribution is 5.84. The number of amidine groups is 1. The molecule has 0 saturated carbocycles. The lowest BCUT2D eigenvalue weighted by Gasteiger charge is -2.21. The Kier molecular flexibility index (Phi) is 3.74. The molecule has 0 spiro atoms. The molecule has 0 unspecified atom stereocenters. The lowest BCUT2D eigenvalue weighted by atomic mass is 10.2. The maximum absolute atomic E-state index is 4.43. The second kappa shape index (κ2) is 4.85. The van der Waals surface area contributed by atoms with Crippen LogP contribution in [0.5, 0.6) is 0 Å². The van der Waals surface area contributed by atoms with E-state index in [9.17, 15) is 0 Å². The van der Waals surface area contributed by atoms with Crippen LogP contribution in [0.2, 0.25) is 0 Å². The highest BCUT2D eigenvalue weighted by atomic mass is 15.2. The van der Waals surface area contributed by atoms with E-state index >= 15 is 0 Å². The molecule has 1 heterocycles. The first-order valence-electron chi connectivity index (χ1n) is 4.92. The summed E-state index contributed by atoms with van der Waals surface area (Å²) in [5, 5.41) is 0. The fourth-order valence-corrected chi connectivity index (χ4v) is 1.41. The highest BCUT2D eigenvalue weighted by Crippen LogP contribution is 2.07. The van der Waals surface area contributed by atoms with E-state index in [2.05, 4.69) is 42.8 Å². The third-order valence-corrected chi connectivity index (χ3v) is 2.30. The standard InChI is InChI=1S/C11H18N2/c1-4-13(5-2)11-7-6-10(3)8-9-12-11/h6,8-9H,4-5,7H2,1-3H3. The van der Waals surface area contributed by atoms with Gasteiger partial charge in [-0.1, -0.05) is 11.6 Å². The van der Waals surface area contributed by atoms with Crippen LogP contribution in [0, 0.1) is 0 Å². The van der Waals surface area contributed by atoms with E-state index in [1.54, 1.807) is 0 Å². The highest BCUT2D eigenvalue weighted by Gasteiger charge is 2.05. The van der Waals surface area contributed by atoms with Crippen LogP contribution in [-0.2, 0) is 0 Å². The van der Waals surface area contributed by atoms with Gasteiger partial charge in [-0.25, -0.2) is 4.99 Å². The molecule has 0 aromatic carbocycles. The van der Waals surface area contributed by atoms with Crippen LogP contribution in [0.25, 0.3) is 0 Å². The summed E-state index contributed by atoms with van der Waals surface area (Å²) >= 11 is 0. The van der Waals surface area contributed by atoms with E-state index in [-0.39, 0.29) is 0 Å². The van der Waals surface area contributed by atoms with Crippen molar-refractivity contribution < 1.29 is 0 Å². The molecule has 0 bridgehead atoms. The summed E-state index contributed by atoms with van der Waals surface area (Å²) in [6, 6.07) is 0.